The molecule has 0 aliphatic carbocycles. The second-order valence-corrected chi connectivity index (χ2v) is 6.36. The summed E-state index contributed by atoms with van der Waals surface area (Å²) in [5.41, 5.74) is 4.36. The second kappa shape index (κ2) is 7.12. The van der Waals surface area contributed by atoms with Crippen molar-refractivity contribution in [2.45, 2.75) is 0 Å². The summed E-state index contributed by atoms with van der Waals surface area (Å²) in [7, 11) is 3.24. The number of pyridine rings is 1. The molecule has 0 aliphatic rings. The van der Waals surface area contributed by atoms with Gasteiger partial charge >= 0.3 is 0 Å². The number of benzene rings is 2. The number of aldehydes is 1. The van der Waals surface area contributed by atoms with Gasteiger partial charge in [0.15, 0.2) is 0 Å². The van der Waals surface area contributed by atoms with Crippen LogP contribution in [0.4, 0.5) is 0 Å². The zero-order valence-corrected chi connectivity index (χ0v) is 15.5. The normalized spacial score (nSPS) is 10.8. The largest absolute Gasteiger partial charge is 0.505 e. The number of hydrogen-bond donors (Lipinski definition) is 1. The van der Waals surface area contributed by atoms with E-state index in [9.17, 15) is 9.90 Å². The van der Waals surface area contributed by atoms with E-state index < -0.39 is 0 Å². The minimum atomic E-state index is 0.125. The Kier molecular flexibility index (Phi) is 4.49. The number of methoxy groups -OCH3 is 2. The molecule has 0 saturated heterocycles. The Balaban J connectivity index is 2.02. The summed E-state index contributed by atoms with van der Waals surface area (Å²) in [6.45, 7) is 0. The zero-order valence-electron chi connectivity index (χ0n) is 15.5. The number of nitrogens with zero attached hydrogens (tertiary/aromatic N) is 1. The molecule has 2 aromatic carbocycles. The van der Waals surface area contributed by atoms with Crippen LogP contribution in [0, 0.1) is 0 Å². The molecule has 2 aromatic heterocycles. The fraction of sp³-hybridized carbons (Fsp3) is 0.0870. The highest BCUT2D eigenvalue weighted by atomic mass is 16.5. The maximum Gasteiger partial charge on any atom is 0.150 e. The van der Waals surface area contributed by atoms with E-state index in [4.69, 9.17) is 9.47 Å². The van der Waals surface area contributed by atoms with Crippen LogP contribution >= 0.6 is 0 Å². The number of aromatic hydroxyl groups is 1. The van der Waals surface area contributed by atoms with Gasteiger partial charge < -0.3 is 19.0 Å². The Hall–Kier alpha value is -3.73. The van der Waals surface area contributed by atoms with Crippen LogP contribution in [0.3, 0.4) is 0 Å². The van der Waals surface area contributed by atoms with E-state index in [1.54, 1.807) is 32.5 Å². The van der Waals surface area contributed by atoms with E-state index in [1.165, 1.54) is 0 Å². The van der Waals surface area contributed by atoms with Crippen molar-refractivity contribution in [3.8, 4) is 39.6 Å². The van der Waals surface area contributed by atoms with Gasteiger partial charge in [0.05, 0.1) is 31.0 Å². The molecule has 0 aliphatic heterocycles. The van der Waals surface area contributed by atoms with E-state index in [2.05, 4.69) is 0 Å². The smallest absolute Gasteiger partial charge is 0.150 e. The lowest BCUT2D eigenvalue weighted by Crippen LogP contribution is -1.92. The summed E-state index contributed by atoms with van der Waals surface area (Å²) in [5, 5.41) is 11.0. The molecule has 1 N–H and O–H groups in total. The molecule has 4 rings (SSSR count). The van der Waals surface area contributed by atoms with Crippen molar-refractivity contribution in [3.05, 3.63) is 72.4 Å². The Labute approximate surface area is 162 Å². The molecule has 2 heterocycles. The Morgan fingerprint density at radius 2 is 1.43 bits per heavy atom. The summed E-state index contributed by atoms with van der Waals surface area (Å²) in [6, 6.07) is 18.6. The summed E-state index contributed by atoms with van der Waals surface area (Å²) < 4.78 is 12.4. The lowest BCUT2D eigenvalue weighted by Gasteiger charge is -2.09. The number of hydrogen-bond acceptors (Lipinski definition) is 4. The van der Waals surface area contributed by atoms with Crippen LogP contribution in [0.5, 0.6) is 17.2 Å². The van der Waals surface area contributed by atoms with Crippen molar-refractivity contribution in [2.24, 2.45) is 0 Å². The minimum Gasteiger partial charge on any atom is -0.505 e. The molecule has 0 fully saturated rings. The molecule has 28 heavy (non-hydrogen) atoms. The first kappa shape index (κ1) is 17.7. The maximum absolute atomic E-state index is 11.2. The third kappa shape index (κ3) is 2.87. The second-order valence-electron chi connectivity index (χ2n) is 6.36. The van der Waals surface area contributed by atoms with Gasteiger partial charge in [-0.15, -0.1) is 0 Å². The van der Waals surface area contributed by atoms with Crippen LogP contribution in [0.2, 0.25) is 0 Å². The van der Waals surface area contributed by atoms with Crippen LogP contribution in [-0.4, -0.2) is 30.0 Å². The molecule has 0 radical (unpaired) electrons. The molecule has 140 valence electrons. The first-order valence-corrected chi connectivity index (χ1v) is 8.77. The van der Waals surface area contributed by atoms with E-state index in [1.807, 2.05) is 52.9 Å². The van der Waals surface area contributed by atoms with Crippen LogP contribution in [-0.2, 0) is 0 Å². The van der Waals surface area contributed by atoms with Gasteiger partial charge in [-0.3, -0.25) is 4.79 Å². The number of ether oxygens (including phenoxy) is 2. The Bertz CT molecular complexity index is 1140. The topological polar surface area (TPSA) is 60.2 Å². The van der Waals surface area contributed by atoms with E-state index in [-0.39, 0.29) is 5.75 Å². The monoisotopic (exact) mass is 373 g/mol. The number of rotatable bonds is 5. The third-order valence-electron chi connectivity index (χ3n) is 4.81. The molecule has 0 atom stereocenters. The molecule has 5 nitrogen and oxygen atoms in total. The fourth-order valence-corrected chi connectivity index (χ4v) is 3.39. The summed E-state index contributed by atoms with van der Waals surface area (Å²) in [4.78, 5) is 11.2. The van der Waals surface area contributed by atoms with Gasteiger partial charge in [-0.05, 0) is 59.7 Å². The first-order chi connectivity index (χ1) is 13.7. The number of aromatic nitrogens is 1. The van der Waals surface area contributed by atoms with E-state index in [0.717, 1.165) is 34.6 Å². The molecular formula is C23H19NO4. The van der Waals surface area contributed by atoms with Crippen LogP contribution < -0.4 is 9.47 Å². The first-order valence-electron chi connectivity index (χ1n) is 8.77. The van der Waals surface area contributed by atoms with Gasteiger partial charge in [-0.25, -0.2) is 0 Å². The van der Waals surface area contributed by atoms with Crippen LogP contribution in [0.1, 0.15) is 10.4 Å². The van der Waals surface area contributed by atoms with Gasteiger partial charge in [0.1, 0.15) is 23.5 Å². The fourth-order valence-electron chi connectivity index (χ4n) is 3.39. The highest BCUT2D eigenvalue weighted by Crippen LogP contribution is 2.44. The lowest BCUT2D eigenvalue weighted by atomic mass is 10.0. The molecule has 0 amide bonds. The van der Waals surface area contributed by atoms with E-state index in [0.29, 0.717) is 16.6 Å². The van der Waals surface area contributed by atoms with Gasteiger partial charge in [-0.2, -0.15) is 0 Å². The summed E-state index contributed by atoms with van der Waals surface area (Å²) >= 11 is 0. The zero-order chi connectivity index (χ0) is 19.7. The molecular weight excluding hydrogens is 354 g/mol. The predicted molar refractivity (Wildman–Crippen MR) is 108 cm³/mol. The predicted octanol–water partition coefficient (Wildman–Crippen LogP) is 4.81. The highest BCUT2D eigenvalue weighted by molar-refractivity contribution is 5.95. The number of carbonyl (C=O) groups excluding carboxylic acids is 1. The minimum absolute atomic E-state index is 0.125. The number of carbonyl (C=O) groups is 1. The molecule has 0 unspecified atom stereocenters. The van der Waals surface area contributed by atoms with Crippen LogP contribution in [0.25, 0.3) is 27.9 Å². The van der Waals surface area contributed by atoms with Gasteiger partial charge in [-0.1, -0.05) is 12.1 Å². The van der Waals surface area contributed by atoms with Crippen molar-refractivity contribution in [1.29, 1.82) is 0 Å². The SMILES string of the molecule is COc1ccc(-c2c(O)c3cc(C=O)ccn3c2-c2ccc(OC)cc2)cc1. The molecule has 0 saturated carbocycles. The van der Waals surface area contributed by atoms with E-state index >= 15 is 0 Å². The van der Waals surface area contributed by atoms with Gasteiger partial charge in [0.25, 0.3) is 0 Å². The molecule has 0 bridgehead atoms. The van der Waals surface area contributed by atoms with Crippen molar-refractivity contribution in [2.75, 3.05) is 14.2 Å². The van der Waals surface area contributed by atoms with Gasteiger partial charge in [0.2, 0.25) is 0 Å². The molecule has 5 heteroatoms. The number of fused-ring (bicyclic) bond motifs is 1. The maximum atomic E-state index is 11.2. The Morgan fingerprint density at radius 3 is 1.96 bits per heavy atom. The highest BCUT2D eigenvalue weighted by Gasteiger charge is 2.21. The standard InChI is InChI=1S/C23H19NO4/c1-27-18-7-3-16(4-8-18)21-22(17-5-9-19(28-2)10-6-17)24-12-11-15(14-25)13-20(24)23(21)26/h3-14,26H,1-2H3. The molecule has 4 aromatic rings. The van der Waals surface area contributed by atoms with Gasteiger partial charge in [0, 0.05) is 11.8 Å². The lowest BCUT2D eigenvalue weighted by molar-refractivity contribution is 0.112. The van der Waals surface area contributed by atoms with Crippen LogP contribution in [0.15, 0.2) is 66.9 Å². The summed E-state index contributed by atoms with van der Waals surface area (Å²) in [5.74, 6) is 1.61. The summed E-state index contributed by atoms with van der Waals surface area (Å²) in [6.07, 6.45) is 2.57. The third-order valence-corrected chi connectivity index (χ3v) is 4.81. The quantitative estimate of drug-likeness (QED) is 0.510. The van der Waals surface area contributed by atoms with Crippen molar-refractivity contribution < 1.29 is 19.4 Å². The van der Waals surface area contributed by atoms with Crippen molar-refractivity contribution >= 4 is 11.8 Å². The average Bonchev–Trinajstić information content (AvgIpc) is 3.05. The Morgan fingerprint density at radius 1 is 0.857 bits per heavy atom. The van der Waals surface area contributed by atoms with Crippen molar-refractivity contribution in [1.82, 2.24) is 4.40 Å². The van der Waals surface area contributed by atoms with Crippen molar-refractivity contribution in [3.63, 3.8) is 0 Å². The molecule has 0 spiro atoms. The average molecular weight is 373 g/mol.